The first-order valence-corrected chi connectivity index (χ1v) is 5.90. The molecule has 1 aromatic rings. The van der Waals surface area contributed by atoms with Gasteiger partial charge in [0, 0.05) is 12.6 Å². The molecule has 1 aliphatic rings. The minimum absolute atomic E-state index is 0.262. The quantitative estimate of drug-likeness (QED) is 0.812. The molecular weight excluding hydrogens is 202 g/mol. The summed E-state index contributed by atoms with van der Waals surface area (Å²) in [6, 6.07) is 10.1. The fraction of sp³-hybridized carbons (Fsp3) is 0.538. The zero-order valence-electron chi connectivity index (χ0n) is 9.43. The first-order chi connectivity index (χ1) is 7.86. The van der Waals surface area contributed by atoms with Crippen LogP contribution in [0.1, 0.15) is 24.5 Å². The van der Waals surface area contributed by atoms with Gasteiger partial charge in [0.05, 0.1) is 12.7 Å². The lowest BCUT2D eigenvalue weighted by molar-refractivity contribution is 0.0988. The van der Waals surface area contributed by atoms with E-state index >= 15 is 0 Å². The first-order valence-electron chi connectivity index (χ1n) is 5.90. The van der Waals surface area contributed by atoms with E-state index in [-0.39, 0.29) is 6.04 Å². The third-order valence-corrected chi connectivity index (χ3v) is 2.91. The summed E-state index contributed by atoms with van der Waals surface area (Å²) in [6.45, 7) is 2.50. The maximum Gasteiger partial charge on any atom is 0.0805 e. The number of hydrogen-bond donors (Lipinski definition) is 2. The number of rotatable bonds is 3. The summed E-state index contributed by atoms with van der Waals surface area (Å²) in [6.07, 6.45) is 1.36. The SMILES string of the molecule is OC(CC1COCCCN1)c1ccccc1. The number of nitrogens with one attached hydrogen (secondary N) is 1. The van der Waals surface area contributed by atoms with Gasteiger partial charge in [-0.15, -0.1) is 0 Å². The Hall–Kier alpha value is -0.900. The van der Waals surface area contributed by atoms with Gasteiger partial charge in [0.1, 0.15) is 0 Å². The third-order valence-electron chi connectivity index (χ3n) is 2.91. The van der Waals surface area contributed by atoms with Crippen molar-refractivity contribution in [2.24, 2.45) is 0 Å². The lowest BCUT2D eigenvalue weighted by atomic mass is 10.0. The van der Waals surface area contributed by atoms with Gasteiger partial charge >= 0.3 is 0 Å². The fourth-order valence-corrected chi connectivity index (χ4v) is 2.00. The van der Waals surface area contributed by atoms with Crippen LogP contribution in [0.25, 0.3) is 0 Å². The standard InChI is InChI=1S/C13H19NO2/c15-13(11-5-2-1-3-6-11)9-12-10-16-8-4-7-14-12/h1-3,5-6,12-15H,4,7-10H2. The van der Waals surface area contributed by atoms with E-state index in [1.165, 1.54) is 0 Å². The molecule has 0 aromatic heterocycles. The Morgan fingerprint density at radius 3 is 3.00 bits per heavy atom. The highest BCUT2D eigenvalue weighted by Crippen LogP contribution is 2.18. The minimum Gasteiger partial charge on any atom is -0.388 e. The van der Waals surface area contributed by atoms with Crippen molar-refractivity contribution >= 4 is 0 Å². The van der Waals surface area contributed by atoms with Crippen LogP contribution in [0.4, 0.5) is 0 Å². The Kier molecular flexibility index (Phi) is 4.34. The molecule has 88 valence electrons. The smallest absolute Gasteiger partial charge is 0.0805 e. The molecule has 1 aliphatic heterocycles. The average Bonchev–Trinajstić information content (AvgIpc) is 2.59. The second-order valence-electron chi connectivity index (χ2n) is 4.24. The summed E-state index contributed by atoms with van der Waals surface area (Å²) < 4.78 is 5.47. The molecule has 0 radical (unpaired) electrons. The minimum atomic E-state index is -0.402. The van der Waals surface area contributed by atoms with Crippen LogP contribution in [0.15, 0.2) is 30.3 Å². The van der Waals surface area contributed by atoms with Gasteiger partial charge in [0.2, 0.25) is 0 Å². The molecule has 0 spiro atoms. The number of aliphatic hydroxyl groups is 1. The number of benzene rings is 1. The Morgan fingerprint density at radius 2 is 2.19 bits per heavy atom. The molecule has 1 saturated heterocycles. The number of hydrogen-bond acceptors (Lipinski definition) is 3. The van der Waals surface area contributed by atoms with E-state index in [0.717, 1.165) is 25.1 Å². The van der Waals surface area contributed by atoms with Crippen molar-refractivity contribution in [2.75, 3.05) is 19.8 Å². The molecule has 0 amide bonds. The molecule has 2 rings (SSSR count). The summed E-state index contributed by atoms with van der Waals surface area (Å²) in [5.41, 5.74) is 0.980. The zero-order valence-corrected chi connectivity index (χ0v) is 9.43. The van der Waals surface area contributed by atoms with Crippen LogP contribution in [-0.4, -0.2) is 30.9 Å². The summed E-state index contributed by atoms with van der Waals surface area (Å²) in [7, 11) is 0. The van der Waals surface area contributed by atoms with Crippen molar-refractivity contribution in [3.63, 3.8) is 0 Å². The van der Waals surface area contributed by atoms with Gasteiger partial charge in [-0.2, -0.15) is 0 Å². The van der Waals surface area contributed by atoms with Gasteiger partial charge in [0.25, 0.3) is 0 Å². The maximum absolute atomic E-state index is 10.1. The van der Waals surface area contributed by atoms with Crippen molar-refractivity contribution < 1.29 is 9.84 Å². The zero-order chi connectivity index (χ0) is 11.2. The second-order valence-corrected chi connectivity index (χ2v) is 4.24. The van der Waals surface area contributed by atoms with E-state index in [1.807, 2.05) is 30.3 Å². The van der Waals surface area contributed by atoms with Crippen molar-refractivity contribution in [2.45, 2.75) is 25.0 Å². The van der Waals surface area contributed by atoms with Crippen molar-refractivity contribution in [1.82, 2.24) is 5.32 Å². The predicted molar refractivity (Wildman–Crippen MR) is 63.2 cm³/mol. The van der Waals surface area contributed by atoms with Crippen LogP contribution >= 0.6 is 0 Å². The molecule has 1 aromatic carbocycles. The molecule has 16 heavy (non-hydrogen) atoms. The van der Waals surface area contributed by atoms with Gasteiger partial charge in [-0.25, -0.2) is 0 Å². The van der Waals surface area contributed by atoms with Crippen LogP contribution in [0.5, 0.6) is 0 Å². The van der Waals surface area contributed by atoms with Crippen molar-refractivity contribution in [3.8, 4) is 0 Å². The molecule has 2 atom stereocenters. The summed E-state index contributed by atoms with van der Waals surface area (Å²) in [5.74, 6) is 0. The Balaban J connectivity index is 1.88. The van der Waals surface area contributed by atoms with E-state index in [1.54, 1.807) is 0 Å². The molecule has 1 heterocycles. The predicted octanol–water partition coefficient (Wildman–Crippen LogP) is 1.49. The van der Waals surface area contributed by atoms with Crippen LogP contribution in [0.2, 0.25) is 0 Å². The van der Waals surface area contributed by atoms with Crippen LogP contribution < -0.4 is 5.32 Å². The van der Waals surface area contributed by atoms with E-state index < -0.39 is 6.10 Å². The van der Waals surface area contributed by atoms with Gasteiger partial charge in [0.15, 0.2) is 0 Å². The van der Waals surface area contributed by atoms with Crippen LogP contribution in [0, 0.1) is 0 Å². The molecule has 0 aliphatic carbocycles. The van der Waals surface area contributed by atoms with E-state index in [4.69, 9.17) is 4.74 Å². The summed E-state index contributed by atoms with van der Waals surface area (Å²) in [5, 5.41) is 13.5. The number of ether oxygens (including phenoxy) is 1. The molecule has 3 nitrogen and oxygen atoms in total. The summed E-state index contributed by atoms with van der Waals surface area (Å²) in [4.78, 5) is 0. The second kappa shape index (κ2) is 5.99. The van der Waals surface area contributed by atoms with Crippen molar-refractivity contribution in [1.29, 1.82) is 0 Å². The van der Waals surface area contributed by atoms with E-state index in [2.05, 4.69) is 5.32 Å². The topological polar surface area (TPSA) is 41.5 Å². The normalized spacial score (nSPS) is 23.7. The largest absolute Gasteiger partial charge is 0.388 e. The Labute approximate surface area is 96.4 Å². The third kappa shape index (κ3) is 3.30. The summed E-state index contributed by atoms with van der Waals surface area (Å²) >= 11 is 0. The molecule has 3 heteroatoms. The van der Waals surface area contributed by atoms with E-state index in [9.17, 15) is 5.11 Å². The fourth-order valence-electron chi connectivity index (χ4n) is 2.00. The molecule has 0 bridgehead atoms. The number of aliphatic hydroxyl groups excluding tert-OH is 1. The average molecular weight is 221 g/mol. The highest BCUT2D eigenvalue weighted by Gasteiger charge is 2.17. The molecular formula is C13H19NO2. The molecule has 0 saturated carbocycles. The van der Waals surface area contributed by atoms with Gasteiger partial charge < -0.3 is 15.2 Å². The van der Waals surface area contributed by atoms with Gasteiger partial charge in [-0.1, -0.05) is 30.3 Å². The maximum atomic E-state index is 10.1. The molecule has 1 fully saturated rings. The van der Waals surface area contributed by atoms with Crippen LogP contribution in [-0.2, 0) is 4.74 Å². The lowest BCUT2D eigenvalue weighted by Gasteiger charge is -2.19. The van der Waals surface area contributed by atoms with Crippen LogP contribution in [0.3, 0.4) is 0 Å². The highest BCUT2D eigenvalue weighted by molar-refractivity contribution is 5.17. The van der Waals surface area contributed by atoms with E-state index in [0.29, 0.717) is 13.0 Å². The van der Waals surface area contributed by atoms with Gasteiger partial charge in [-0.3, -0.25) is 0 Å². The van der Waals surface area contributed by atoms with Gasteiger partial charge in [-0.05, 0) is 24.9 Å². The first kappa shape index (κ1) is 11.6. The Morgan fingerprint density at radius 1 is 1.38 bits per heavy atom. The monoisotopic (exact) mass is 221 g/mol. The highest BCUT2D eigenvalue weighted by atomic mass is 16.5. The molecule has 2 unspecified atom stereocenters. The Bertz CT molecular complexity index is 294. The lowest BCUT2D eigenvalue weighted by Crippen LogP contribution is -2.33. The van der Waals surface area contributed by atoms with Crippen molar-refractivity contribution in [3.05, 3.63) is 35.9 Å². The molecule has 2 N–H and O–H groups in total.